The highest BCUT2D eigenvalue weighted by Crippen LogP contribution is 2.20. The summed E-state index contributed by atoms with van der Waals surface area (Å²) < 4.78 is 5.15. The van der Waals surface area contributed by atoms with Crippen molar-refractivity contribution in [1.82, 2.24) is 5.32 Å². The molecule has 2 aromatic rings. The molecule has 0 radical (unpaired) electrons. The third-order valence-corrected chi connectivity index (χ3v) is 3.65. The summed E-state index contributed by atoms with van der Waals surface area (Å²) in [6.45, 7) is 4.86. The van der Waals surface area contributed by atoms with Crippen molar-refractivity contribution >= 4 is 17.9 Å². The molecule has 4 nitrogen and oxygen atoms in total. The smallest absolute Gasteiger partial charge is 0.407 e. The minimum Gasteiger partial charge on any atom is -0.445 e. The lowest BCUT2D eigenvalue weighted by Gasteiger charge is -2.07. The molecule has 126 valence electrons. The van der Waals surface area contributed by atoms with Crippen molar-refractivity contribution in [3.8, 4) is 0 Å². The van der Waals surface area contributed by atoms with Gasteiger partial charge in [-0.25, -0.2) is 4.79 Å². The molecule has 0 bridgehead atoms. The number of amides is 1. The van der Waals surface area contributed by atoms with Crippen molar-refractivity contribution in [3.63, 3.8) is 0 Å². The van der Waals surface area contributed by atoms with Gasteiger partial charge in [0, 0.05) is 12.2 Å². The number of benzene rings is 2. The van der Waals surface area contributed by atoms with Gasteiger partial charge in [0.15, 0.2) is 0 Å². The highest BCUT2D eigenvalue weighted by atomic mass is 16.5. The summed E-state index contributed by atoms with van der Waals surface area (Å²) >= 11 is 0. The molecule has 2 aromatic carbocycles. The fourth-order valence-corrected chi connectivity index (χ4v) is 2.39. The molecule has 2 rings (SSSR count). The summed E-state index contributed by atoms with van der Waals surface area (Å²) in [5, 5.41) is 2.73. The first-order valence-electron chi connectivity index (χ1n) is 8.04. The average Bonchev–Trinajstić information content (AvgIpc) is 2.57. The van der Waals surface area contributed by atoms with Crippen molar-refractivity contribution in [3.05, 3.63) is 70.8 Å². The molecule has 0 aliphatic carbocycles. The first-order valence-corrected chi connectivity index (χ1v) is 8.04. The largest absolute Gasteiger partial charge is 0.445 e. The van der Waals surface area contributed by atoms with Crippen LogP contribution in [0.15, 0.2) is 48.5 Å². The maximum atomic E-state index is 11.6. The average molecular weight is 324 g/mol. The van der Waals surface area contributed by atoms with E-state index in [9.17, 15) is 4.79 Å². The Morgan fingerprint density at radius 2 is 1.96 bits per heavy atom. The third kappa shape index (κ3) is 5.47. The van der Waals surface area contributed by atoms with Crippen LogP contribution in [0.2, 0.25) is 0 Å². The Morgan fingerprint density at radius 1 is 1.21 bits per heavy atom. The second-order valence-corrected chi connectivity index (χ2v) is 5.76. The van der Waals surface area contributed by atoms with Crippen LogP contribution in [0.25, 0.3) is 6.08 Å². The lowest BCUT2D eigenvalue weighted by Crippen LogP contribution is -2.24. The summed E-state index contributed by atoms with van der Waals surface area (Å²) in [7, 11) is 0. The normalized spacial score (nSPS) is 10.8. The number of hydrogen-bond acceptors (Lipinski definition) is 3. The maximum absolute atomic E-state index is 11.6. The molecular formula is C20H24N2O2. The SMILES string of the molecule is Cc1cc(C)c(N)c(C=CCCNC(=O)OCc2ccccc2)c1. The molecule has 0 fully saturated rings. The van der Waals surface area contributed by atoms with E-state index in [1.165, 1.54) is 5.56 Å². The summed E-state index contributed by atoms with van der Waals surface area (Å²) in [5.41, 5.74) is 11.1. The fourth-order valence-electron chi connectivity index (χ4n) is 2.39. The molecule has 3 N–H and O–H groups in total. The van der Waals surface area contributed by atoms with Gasteiger partial charge in [-0.3, -0.25) is 0 Å². The molecular weight excluding hydrogens is 300 g/mol. The van der Waals surface area contributed by atoms with Gasteiger partial charge in [-0.2, -0.15) is 0 Å². The van der Waals surface area contributed by atoms with Gasteiger partial charge in [-0.05, 0) is 43.0 Å². The Hall–Kier alpha value is -2.75. The van der Waals surface area contributed by atoms with Crippen molar-refractivity contribution in [2.45, 2.75) is 26.9 Å². The maximum Gasteiger partial charge on any atom is 0.407 e. The Labute approximate surface area is 143 Å². The first-order chi connectivity index (χ1) is 11.6. The summed E-state index contributed by atoms with van der Waals surface area (Å²) in [5.74, 6) is 0. The lowest BCUT2D eigenvalue weighted by atomic mass is 10.0. The van der Waals surface area contributed by atoms with Gasteiger partial charge in [0.25, 0.3) is 0 Å². The van der Waals surface area contributed by atoms with Gasteiger partial charge in [-0.15, -0.1) is 0 Å². The van der Waals surface area contributed by atoms with Gasteiger partial charge in [0.1, 0.15) is 6.61 Å². The highest BCUT2D eigenvalue weighted by molar-refractivity contribution is 5.69. The topological polar surface area (TPSA) is 64.3 Å². The molecule has 0 saturated carbocycles. The number of nitrogens with one attached hydrogen (secondary N) is 1. The van der Waals surface area contributed by atoms with E-state index in [0.29, 0.717) is 13.0 Å². The molecule has 0 heterocycles. The van der Waals surface area contributed by atoms with E-state index in [2.05, 4.69) is 17.4 Å². The van der Waals surface area contributed by atoms with Crippen molar-refractivity contribution in [1.29, 1.82) is 0 Å². The molecule has 4 heteroatoms. The zero-order chi connectivity index (χ0) is 17.4. The summed E-state index contributed by atoms with van der Waals surface area (Å²) in [4.78, 5) is 11.6. The van der Waals surface area contributed by atoms with Crippen LogP contribution in [0.5, 0.6) is 0 Å². The quantitative estimate of drug-likeness (QED) is 0.618. The lowest BCUT2D eigenvalue weighted by molar-refractivity contribution is 0.140. The van der Waals surface area contributed by atoms with Gasteiger partial charge >= 0.3 is 6.09 Å². The van der Waals surface area contributed by atoms with E-state index < -0.39 is 6.09 Å². The molecule has 1 amide bonds. The Morgan fingerprint density at radius 3 is 2.71 bits per heavy atom. The number of rotatable bonds is 6. The van der Waals surface area contributed by atoms with Crippen LogP contribution in [0.4, 0.5) is 10.5 Å². The minimum atomic E-state index is -0.404. The van der Waals surface area contributed by atoms with E-state index in [4.69, 9.17) is 10.5 Å². The number of alkyl carbamates (subject to hydrolysis) is 1. The molecule has 0 aliphatic rings. The molecule has 0 atom stereocenters. The van der Waals surface area contributed by atoms with Crippen LogP contribution < -0.4 is 11.1 Å². The van der Waals surface area contributed by atoms with Gasteiger partial charge in [0.2, 0.25) is 0 Å². The zero-order valence-electron chi connectivity index (χ0n) is 14.2. The molecule has 0 spiro atoms. The second kappa shape index (κ2) is 8.77. The van der Waals surface area contributed by atoms with Crippen LogP contribution in [0.1, 0.15) is 28.7 Å². The van der Waals surface area contributed by atoms with Gasteiger partial charge < -0.3 is 15.8 Å². The van der Waals surface area contributed by atoms with E-state index in [1.807, 2.05) is 56.3 Å². The number of nitrogen functional groups attached to an aromatic ring is 1. The standard InChI is InChI=1S/C20H24N2O2/c1-15-12-16(2)19(21)18(13-15)10-6-7-11-22-20(23)24-14-17-8-4-3-5-9-17/h3-6,8-10,12-13H,7,11,14,21H2,1-2H3,(H,22,23). The Balaban J connectivity index is 1.72. The van der Waals surface area contributed by atoms with Crippen LogP contribution in [0, 0.1) is 13.8 Å². The Kier molecular flexibility index (Phi) is 6.43. The number of nitrogens with two attached hydrogens (primary N) is 1. The highest BCUT2D eigenvalue weighted by Gasteiger charge is 2.02. The zero-order valence-corrected chi connectivity index (χ0v) is 14.2. The van der Waals surface area contributed by atoms with Crippen molar-refractivity contribution < 1.29 is 9.53 Å². The number of carbonyl (C=O) groups is 1. The van der Waals surface area contributed by atoms with Gasteiger partial charge in [0.05, 0.1) is 0 Å². The number of ether oxygens (including phenoxy) is 1. The van der Waals surface area contributed by atoms with E-state index in [0.717, 1.165) is 22.4 Å². The molecule has 0 aliphatic heterocycles. The summed E-state index contributed by atoms with van der Waals surface area (Å²) in [6, 6.07) is 13.7. The number of hydrogen-bond donors (Lipinski definition) is 2. The fraction of sp³-hybridized carbons (Fsp3) is 0.250. The van der Waals surface area contributed by atoms with E-state index in [-0.39, 0.29) is 6.61 Å². The van der Waals surface area contributed by atoms with Crippen LogP contribution in [-0.4, -0.2) is 12.6 Å². The van der Waals surface area contributed by atoms with E-state index >= 15 is 0 Å². The predicted molar refractivity (Wildman–Crippen MR) is 98.6 cm³/mol. The molecule has 0 saturated heterocycles. The second-order valence-electron chi connectivity index (χ2n) is 5.76. The predicted octanol–water partition coefficient (Wildman–Crippen LogP) is 4.22. The van der Waals surface area contributed by atoms with Crippen LogP contribution >= 0.6 is 0 Å². The van der Waals surface area contributed by atoms with Gasteiger partial charge in [-0.1, -0.05) is 54.1 Å². The third-order valence-electron chi connectivity index (χ3n) is 3.65. The van der Waals surface area contributed by atoms with Crippen LogP contribution in [-0.2, 0) is 11.3 Å². The molecule has 24 heavy (non-hydrogen) atoms. The van der Waals surface area contributed by atoms with Crippen molar-refractivity contribution in [2.75, 3.05) is 12.3 Å². The number of carbonyl (C=O) groups excluding carboxylic acids is 1. The molecule has 0 aromatic heterocycles. The number of aryl methyl sites for hydroxylation is 2. The number of anilines is 1. The monoisotopic (exact) mass is 324 g/mol. The first kappa shape index (κ1) is 17.6. The van der Waals surface area contributed by atoms with Crippen molar-refractivity contribution in [2.24, 2.45) is 0 Å². The van der Waals surface area contributed by atoms with E-state index in [1.54, 1.807) is 0 Å². The molecule has 0 unspecified atom stereocenters. The Bertz CT molecular complexity index is 709. The summed E-state index contributed by atoms with van der Waals surface area (Å²) in [6.07, 6.45) is 4.31. The van der Waals surface area contributed by atoms with Crippen LogP contribution in [0.3, 0.4) is 0 Å². The minimum absolute atomic E-state index is 0.279.